The summed E-state index contributed by atoms with van der Waals surface area (Å²) in [4.78, 5) is 40.6. The number of hydrogen-bond donors (Lipinski definition) is 0. The minimum absolute atomic E-state index is 0.0137. The van der Waals surface area contributed by atoms with Crippen molar-refractivity contribution in [2.45, 2.75) is 0 Å². The van der Waals surface area contributed by atoms with Crippen LogP contribution in [0.15, 0.2) is 146 Å². The second-order valence-corrected chi connectivity index (χ2v) is 10.4. The Kier molecular flexibility index (Phi) is 7.21. The Labute approximate surface area is 258 Å². The minimum atomic E-state index is -0.745. The van der Waals surface area contributed by atoms with Crippen molar-refractivity contribution in [1.29, 1.82) is 0 Å². The number of ether oxygens (including phenoxy) is 3. The van der Waals surface area contributed by atoms with Crippen LogP contribution in [0.3, 0.4) is 0 Å². The third kappa shape index (κ3) is 5.60. The highest BCUT2D eigenvalue weighted by atomic mass is 16.5. The summed E-state index contributed by atoms with van der Waals surface area (Å²) < 4.78 is 17.4. The third-order valence-electron chi connectivity index (χ3n) is 7.50. The monoisotopic (exact) mass is 588 g/mol. The summed E-state index contributed by atoms with van der Waals surface area (Å²) in [5.74, 6) is -1.19. The van der Waals surface area contributed by atoms with Gasteiger partial charge >= 0.3 is 17.9 Å². The number of fused-ring (bicyclic) bond motifs is 3. The van der Waals surface area contributed by atoms with Crippen LogP contribution in [-0.4, -0.2) is 17.9 Å². The smallest absolute Gasteiger partial charge is 0.343 e. The maximum absolute atomic E-state index is 13.5. The van der Waals surface area contributed by atoms with Crippen LogP contribution in [0.1, 0.15) is 31.1 Å². The quantitative estimate of drug-likeness (QED) is 0.143. The Morgan fingerprint density at radius 1 is 0.333 bits per heavy atom. The van der Waals surface area contributed by atoms with Gasteiger partial charge in [-0.05, 0) is 52.6 Å². The molecule has 0 aliphatic carbocycles. The maximum atomic E-state index is 13.5. The fourth-order valence-corrected chi connectivity index (χ4v) is 5.31. The van der Waals surface area contributed by atoms with Crippen molar-refractivity contribution >= 4 is 50.2 Å². The van der Waals surface area contributed by atoms with Crippen molar-refractivity contribution in [3.63, 3.8) is 0 Å². The molecule has 45 heavy (non-hydrogen) atoms. The van der Waals surface area contributed by atoms with E-state index in [9.17, 15) is 14.4 Å². The van der Waals surface area contributed by atoms with E-state index < -0.39 is 17.9 Å². The van der Waals surface area contributed by atoms with Gasteiger partial charge in [-0.15, -0.1) is 0 Å². The van der Waals surface area contributed by atoms with Crippen molar-refractivity contribution in [2.24, 2.45) is 0 Å². The summed E-state index contributed by atoms with van der Waals surface area (Å²) in [5.41, 5.74) is -0.0412. The topological polar surface area (TPSA) is 78.9 Å². The van der Waals surface area contributed by atoms with Gasteiger partial charge in [0.15, 0.2) is 0 Å². The Balaban J connectivity index is 1.26. The molecule has 6 heteroatoms. The molecule has 216 valence electrons. The first kappa shape index (κ1) is 27.6. The molecule has 0 fully saturated rings. The molecule has 0 saturated carbocycles. The predicted octanol–water partition coefficient (Wildman–Crippen LogP) is 8.80. The lowest BCUT2D eigenvalue weighted by atomic mass is 10.0. The van der Waals surface area contributed by atoms with Crippen LogP contribution < -0.4 is 14.2 Å². The summed E-state index contributed by atoms with van der Waals surface area (Å²) in [6.45, 7) is 0. The molecule has 0 spiro atoms. The predicted molar refractivity (Wildman–Crippen MR) is 173 cm³/mol. The molecule has 0 aromatic heterocycles. The van der Waals surface area contributed by atoms with Crippen LogP contribution >= 0.6 is 0 Å². The average Bonchev–Trinajstić information content (AvgIpc) is 3.08. The number of esters is 3. The SMILES string of the molecule is O=C(Oc1cccc2ccccc12)c1cc(C(=O)Oc2cccc3ccccc23)cc(C(=O)Oc2cccc3ccccc23)c1. The Morgan fingerprint density at radius 3 is 0.911 bits per heavy atom. The van der Waals surface area contributed by atoms with Crippen LogP contribution in [0, 0.1) is 0 Å². The Hall–Kier alpha value is -6.27. The first-order valence-electron chi connectivity index (χ1n) is 14.3. The lowest BCUT2D eigenvalue weighted by molar-refractivity contribution is 0.0737. The van der Waals surface area contributed by atoms with E-state index >= 15 is 0 Å². The van der Waals surface area contributed by atoms with Gasteiger partial charge in [0.25, 0.3) is 0 Å². The third-order valence-corrected chi connectivity index (χ3v) is 7.50. The molecule has 0 aliphatic rings. The van der Waals surface area contributed by atoms with Gasteiger partial charge in [0.05, 0.1) is 16.7 Å². The summed E-state index contributed by atoms with van der Waals surface area (Å²) in [7, 11) is 0. The molecule has 0 aliphatic heterocycles. The highest BCUT2D eigenvalue weighted by Gasteiger charge is 2.21. The molecule has 0 unspecified atom stereocenters. The molecule has 0 atom stereocenters. The van der Waals surface area contributed by atoms with E-state index in [0.29, 0.717) is 17.2 Å². The molecule has 7 rings (SSSR count). The van der Waals surface area contributed by atoms with Gasteiger partial charge in [0, 0.05) is 16.2 Å². The van der Waals surface area contributed by atoms with Crippen LogP contribution in [0.5, 0.6) is 17.2 Å². The van der Waals surface area contributed by atoms with Crippen molar-refractivity contribution in [2.75, 3.05) is 0 Å². The second-order valence-electron chi connectivity index (χ2n) is 10.4. The summed E-state index contributed by atoms with van der Waals surface area (Å²) in [5, 5.41) is 4.93. The van der Waals surface area contributed by atoms with E-state index in [1.807, 2.05) is 91.0 Å². The van der Waals surface area contributed by atoms with Crippen molar-refractivity contribution in [3.05, 3.63) is 162 Å². The molecule has 7 aromatic carbocycles. The first-order chi connectivity index (χ1) is 22.0. The van der Waals surface area contributed by atoms with Crippen LogP contribution in [0.2, 0.25) is 0 Å². The molecule has 0 amide bonds. The average molecular weight is 589 g/mol. The molecule has 0 N–H and O–H groups in total. The molecular weight excluding hydrogens is 564 g/mol. The van der Waals surface area contributed by atoms with E-state index in [-0.39, 0.29) is 16.7 Å². The van der Waals surface area contributed by atoms with Crippen LogP contribution in [-0.2, 0) is 0 Å². The fourth-order valence-electron chi connectivity index (χ4n) is 5.31. The van der Waals surface area contributed by atoms with Gasteiger partial charge in [-0.25, -0.2) is 14.4 Å². The van der Waals surface area contributed by atoms with E-state index in [1.165, 1.54) is 18.2 Å². The Morgan fingerprint density at radius 2 is 0.600 bits per heavy atom. The van der Waals surface area contributed by atoms with Crippen molar-refractivity contribution < 1.29 is 28.6 Å². The van der Waals surface area contributed by atoms with E-state index in [2.05, 4.69) is 0 Å². The molecule has 0 radical (unpaired) electrons. The molecule has 6 nitrogen and oxygen atoms in total. The normalized spacial score (nSPS) is 10.9. The van der Waals surface area contributed by atoms with Gasteiger partial charge in [0.1, 0.15) is 17.2 Å². The van der Waals surface area contributed by atoms with Gasteiger partial charge < -0.3 is 14.2 Å². The van der Waals surface area contributed by atoms with Crippen LogP contribution in [0.4, 0.5) is 0 Å². The zero-order chi connectivity index (χ0) is 30.8. The number of hydrogen-bond acceptors (Lipinski definition) is 6. The first-order valence-corrected chi connectivity index (χ1v) is 14.3. The maximum Gasteiger partial charge on any atom is 0.343 e. The van der Waals surface area contributed by atoms with Gasteiger partial charge in [-0.1, -0.05) is 109 Å². The number of carbonyl (C=O) groups is 3. The summed E-state index contributed by atoms with van der Waals surface area (Å²) in [6.07, 6.45) is 0. The summed E-state index contributed by atoms with van der Waals surface area (Å²) >= 11 is 0. The van der Waals surface area contributed by atoms with Gasteiger partial charge in [0.2, 0.25) is 0 Å². The van der Waals surface area contributed by atoms with E-state index in [1.54, 1.807) is 36.4 Å². The molecular formula is C39H24O6. The highest BCUT2D eigenvalue weighted by molar-refractivity contribution is 6.04. The number of rotatable bonds is 6. The van der Waals surface area contributed by atoms with E-state index in [0.717, 1.165) is 32.3 Å². The Bertz CT molecular complexity index is 1990. The minimum Gasteiger partial charge on any atom is -0.422 e. The zero-order valence-corrected chi connectivity index (χ0v) is 23.8. The summed E-state index contributed by atoms with van der Waals surface area (Å²) in [6, 6.07) is 42.8. The lowest BCUT2D eigenvalue weighted by Crippen LogP contribution is -2.17. The molecule has 0 heterocycles. The van der Waals surface area contributed by atoms with Gasteiger partial charge in [-0.3, -0.25) is 0 Å². The molecule has 0 saturated heterocycles. The largest absolute Gasteiger partial charge is 0.422 e. The van der Waals surface area contributed by atoms with Crippen molar-refractivity contribution in [3.8, 4) is 17.2 Å². The molecule has 7 aromatic rings. The standard InChI is InChI=1S/C39H24O6/c40-37(43-34-19-7-13-25-10-1-4-16-31(25)34)28-22-29(38(41)44-35-20-8-14-26-11-2-5-17-32(26)35)24-30(23-28)39(42)45-36-21-9-15-27-12-3-6-18-33(27)36/h1-24H. The fraction of sp³-hybridized carbons (Fsp3) is 0. The molecule has 0 bridgehead atoms. The van der Waals surface area contributed by atoms with Crippen LogP contribution in [0.25, 0.3) is 32.3 Å². The second kappa shape index (κ2) is 11.8. The highest BCUT2D eigenvalue weighted by Crippen LogP contribution is 2.29. The van der Waals surface area contributed by atoms with Crippen molar-refractivity contribution in [1.82, 2.24) is 0 Å². The lowest BCUT2D eigenvalue weighted by Gasteiger charge is -2.12. The van der Waals surface area contributed by atoms with Gasteiger partial charge in [-0.2, -0.15) is 0 Å². The number of benzene rings is 7. The number of carbonyl (C=O) groups excluding carboxylic acids is 3. The zero-order valence-electron chi connectivity index (χ0n) is 23.8. The van der Waals surface area contributed by atoms with E-state index in [4.69, 9.17) is 14.2 Å².